The van der Waals surface area contributed by atoms with E-state index < -0.39 is 0 Å². The Balaban J connectivity index is 1.32. The number of rotatable bonds is 5. The minimum absolute atomic E-state index is 0.0339. The Morgan fingerprint density at radius 3 is 2.92 bits per heavy atom. The molecule has 4 nitrogen and oxygen atoms in total. The van der Waals surface area contributed by atoms with Crippen LogP contribution >= 0.6 is 0 Å². The van der Waals surface area contributed by atoms with Gasteiger partial charge in [0.05, 0.1) is 18.6 Å². The number of halogens is 1. The highest BCUT2D eigenvalue weighted by Crippen LogP contribution is 2.33. The lowest BCUT2D eigenvalue weighted by Crippen LogP contribution is -2.50. The van der Waals surface area contributed by atoms with Crippen molar-refractivity contribution < 1.29 is 13.9 Å². The molecule has 0 bridgehead atoms. The zero-order valence-electron chi connectivity index (χ0n) is 14.6. The van der Waals surface area contributed by atoms with Crippen molar-refractivity contribution in [1.29, 1.82) is 0 Å². The van der Waals surface area contributed by atoms with Gasteiger partial charge in [-0.15, -0.1) is 0 Å². The van der Waals surface area contributed by atoms with Gasteiger partial charge in [0.15, 0.2) is 0 Å². The van der Waals surface area contributed by atoms with Gasteiger partial charge in [-0.3, -0.25) is 9.69 Å². The molecule has 0 unspecified atom stereocenters. The van der Waals surface area contributed by atoms with Gasteiger partial charge in [-0.1, -0.05) is 18.2 Å². The average molecular weight is 346 g/mol. The summed E-state index contributed by atoms with van der Waals surface area (Å²) < 4.78 is 19.9. The quantitative estimate of drug-likeness (QED) is 0.891. The maximum atomic E-state index is 13.9. The Bertz CT molecular complexity index is 619. The highest BCUT2D eigenvalue weighted by Gasteiger charge is 2.38. The largest absolute Gasteiger partial charge is 0.377 e. The first-order valence-corrected chi connectivity index (χ1v) is 9.54. The predicted molar refractivity (Wildman–Crippen MR) is 93.4 cm³/mol. The van der Waals surface area contributed by atoms with Crippen molar-refractivity contribution in [3.05, 3.63) is 35.6 Å². The summed E-state index contributed by atoms with van der Waals surface area (Å²) in [6.45, 7) is 3.81. The van der Waals surface area contributed by atoms with Crippen LogP contribution in [0.4, 0.5) is 4.39 Å². The number of nitrogens with zero attached hydrogens (tertiary/aromatic N) is 1. The molecule has 1 amide bonds. The molecule has 1 aromatic rings. The molecule has 3 atom stereocenters. The number of benzene rings is 1. The fourth-order valence-corrected chi connectivity index (χ4v) is 4.11. The van der Waals surface area contributed by atoms with Crippen LogP contribution in [0.2, 0.25) is 0 Å². The van der Waals surface area contributed by atoms with E-state index in [0.29, 0.717) is 25.0 Å². The van der Waals surface area contributed by atoms with Gasteiger partial charge in [0.1, 0.15) is 5.82 Å². The summed E-state index contributed by atoms with van der Waals surface area (Å²) in [6.07, 6.45) is 4.60. The highest BCUT2D eigenvalue weighted by molar-refractivity contribution is 5.78. The van der Waals surface area contributed by atoms with Gasteiger partial charge in [0.25, 0.3) is 0 Å². The molecular formula is C20H27FN2O2. The van der Waals surface area contributed by atoms with Crippen molar-refractivity contribution in [2.45, 2.75) is 38.3 Å². The second-order valence-electron chi connectivity index (χ2n) is 7.87. The molecule has 5 heteroatoms. The van der Waals surface area contributed by atoms with Crippen LogP contribution in [0, 0.1) is 23.6 Å². The molecule has 1 N–H and O–H groups in total. The van der Waals surface area contributed by atoms with Gasteiger partial charge in [0.2, 0.25) is 5.91 Å². The van der Waals surface area contributed by atoms with Crippen molar-refractivity contribution in [2.75, 3.05) is 26.2 Å². The second-order valence-corrected chi connectivity index (χ2v) is 7.87. The molecule has 0 spiro atoms. The topological polar surface area (TPSA) is 41.6 Å². The van der Waals surface area contributed by atoms with E-state index in [9.17, 15) is 9.18 Å². The second kappa shape index (κ2) is 7.42. The van der Waals surface area contributed by atoms with Crippen LogP contribution < -0.4 is 5.32 Å². The Hall–Kier alpha value is -1.46. The summed E-state index contributed by atoms with van der Waals surface area (Å²) in [7, 11) is 0. The molecular weight excluding hydrogens is 319 g/mol. The standard InChI is InChI=1S/C20H27FN2O2/c21-18-4-2-1-3-15(18)11-23-8-7-19-16(12-23)9-17(13-25-19)20(24)22-10-14-5-6-14/h1-4,14,16-17,19H,5-13H2,(H,22,24)/t16-,17-,19+/m1/s1. The van der Waals surface area contributed by atoms with Crippen LogP contribution in [0.3, 0.4) is 0 Å². The Morgan fingerprint density at radius 1 is 1.28 bits per heavy atom. The fraction of sp³-hybridized carbons (Fsp3) is 0.650. The van der Waals surface area contributed by atoms with Crippen LogP contribution in [0.5, 0.6) is 0 Å². The molecule has 4 rings (SSSR count). The van der Waals surface area contributed by atoms with E-state index in [-0.39, 0.29) is 23.7 Å². The molecule has 2 aliphatic heterocycles. The molecule has 3 aliphatic rings. The van der Waals surface area contributed by atoms with Crippen LogP contribution in [-0.4, -0.2) is 43.2 Å². The predicted octanol–water partition coefficient (Wildman–Crippen LogP) is 2.58. The number of likely N-dealkylation sites (tertiary alicyclic amines) is 1. The normalized spacial score (nSPS) is 29.9. The number of carbonyl (C=O) groups is 1. The zero-order chi connectivity index (χ0) is 17.2. The highest BCUT2D eigenvalue weighted by atomic mass is 19.1. The summed E-state index contributed by atoms with van der Waals surface area (Å²) in [6, 6.07) is 6.99. The number of hydrogen-bond donors (Lipinski definition) is 1. The van der Waals surface area contributed by atoms with E-state index in [2.05, 4.69) is 10.2 Å². The monoisotopic (exact) mass is 346 g/mol. The van der Waals surface area contributed by atoms with Gasteiger partial charge < -0.3 is 10.1 Å². The van der Waals surface area contributed by atoms with Crippen molar-refractivity contribution in [2.24, 2.45) is 17.8 Å². The Morgan fingerprint density at radius 2 is 2.12 bits per heavy atom. The molecule has 0 aromatic heterocycles. The first-order chi connectivity index (χ1) is 12.2. The van der Waals surface area contributed by atoms with Gasteiger partial charge in [-0.2, -0.15) is 0 Å². The molecule has 1 aliphatic carbocycles. The molecule has 1 saturated carbocycles. The number of hydrogen-bond acceptors (Lipinski definition) is 3. The van der Waals surface area contributed by atoms with Gasteiger partial charge in [-0.25, -0.2) is 4.39 Å². The maximum absolute atomic E-state index is 13.9. The van der Waals surface area contributed by atoms with E-state index in [0.717, 1.165) is 38.0 Å². The van der Waals surface area contributed by atoms with E-state index in [1.807, 2.05) is 12.1 Å². The fourth-order valence-electron chi connectivity index (χ4n) is 4.11. The van der Waals surface area contributed by atoms with E-state index in [1.165, 1.54) is 18.9 Å². The van der Waals surface area contributed by atoms with Crippen molar-refractivity contribution >= 4 is 5.91 Å². The van der Waals surface area contributed by atoms with Gasteiger partial charge in [0, 0.05) is 31.7 Å². The molecule has 2 saturated heterocycles. The minimum Gasteiger partial charge on any atom is -0.377 e. The SMILES string of the molecule is O=C(NCC1CC1)[C@H]1CO[C@H]2CCN(Cc3ccccc3F)C[C@H]2C1. The number of carbonyl (C=O) groups excluding carboxylic acids is 1. The number of ether oxygens (including phenoxy) is 1. The smallest absolute Gasteiger partial charge is 0.225 e. The van der Waals surface area contributed by atoms with Crippen molar-refractivity contribution in [3.8, 4) is 0 Å². The number of amides is 1. The molecule has 136 valence electrons. The van der Waals surface area contributed by atoms with E-state index in [1.54, 1.807) is 6.07 Å². The third kappa shape index (κ3) is 4.21. The molecule has 0 radical (unpaired) electrons. The number of fused-ring (bicyclic) bond motifs is 1. The summed E-state index contributed by atoms with van der Waals surface area (Å²) in [5.74, 6) is 1.05. The Kier molecular flexibility index (Phi) is 5.04. The average Bonchev–Trinajstić information content (AvgIpc) is 3.45. The lowest BCUT2D eigenvalue weighted by atomic mass is 9.83. The summed E-state index contributed by atoms with van der Waals surface area (Å²) in [5, 5.41) is 3.09. The third-order valence-corrected chi connectivity index (χ3v) is 5.83. The summed E-state index contributed by atoms with van der Waals surface area (Å²) >= 11 is 0. The first-order valence-electron chi connectivity index (χ1n) is 9.54. The number of piperidine rings is 1. The summed E-state index contributed by atoms with van der Waals surface area (Å²) in [5.41, 5.74) is 0.747. The zero-order valence-corrected chi connectivity index (χ0v) is 14.6. The van der Waals surface area contributed by atoms with Crippen LogP contribution in [0.15, 0.2) is 24.3 Å². The molecule has 1 aromatic carbocycles. The third-order valence-electron chi connectivity index (χ3n) is 5.83. The van der Waals surface area contributed by atoms with Crippen molar-refractivity contribution in [3.63, 3.8) is 0 Å². The number of nitrogens with one attached hydrogen (secondary N) is 1. The lowest BCUT2D eigenvalue weighted by Gasteiger charge is -2.43. The van der Waals surface area contributed by atoms with E-state index in [4.69, 9.17) is 4.74 Å². The first kappa shape index (κ1) is 17.0. The molecule has 2 heterocycles. The van der Waals surface area contributed by atoms with Crippen LogP contribution in [0.1, 0.15) is 31.2 Å². The van der Waals surface area contributed by atoms with Gasteiger partial charge in [-0.05, 0) is 43.6 Å². The minimum atomic E-state index is -0.137. The van der Waals surface area contributed by atoms with E-state index >= 15 is 0 Å². The maximum Gasteiger partial charge on any atom is 0.225 e. The van der Waals surface area contributed by atoms with Crippen molar-refractivity contribution in [1.82, 2.24) is 10.2 Å². The van der Waals surface area contributed by atoms with Crippen LogP contribution in [-0.2, 0) is 16.1 Å². The van der Waals surface area contributed by atoms with Gasteiger partial charge >= 0.3 is 0 Å². The molecule has 25 heavy (non-hydrogen) atoms. The van der Waals surface area contributed by atoms with Crippen LogP contribution in [0.25, 0.3) is 0 Å². The molecule has 3 fully saturated rings. The Labute approximate surface area is 148 Å². The summed E-state index contributed by atoms with van der Waals surface area (Å²) in [4.78, 5) is 14.7. The lowest BCUT2D eigenvalue weighted by molar-refractivity contribution is -0.139.